The molecule has 4 nitrogen and oxygen atoms in total. The first kappa shape index (κ1) is 21.9. The summed E-state index contributed by atoms with van der Waals surface area (Å²) in [6.07, 6.45) is 9.21. The standard InChI is InChI=1S/C16H26O4S.Na/c1-2-3-4-5-6-7-8-12-15-19-21(17,18)20-16-13-10-9-11-14-16;/h9-11,13-14H,2-8,12,15H2,1H3;. The summed E-state index contributed by atoms with van der Waals surface area (Å²) in [4.78, 5) is 0. The van der Waals surface area contributed by atoms with E-state index in [1.54, 1.807) is 30.3 Å². The Bertz CT molecular complexity index is 462. The van der Waals surface area contributed by atoms with Crippen molar-refractivity contribution in [3.8, 4) is 5.75 Å². The van der Waals surface area contributed by atoms with E-state index in [-0.39, 0.29) is 41.9 Å². The molecule has 0 saturated heterocycles. The summed E-state index contributed by atoms with van der Waals surface area (Å²) < 4.78 is 32.8. The van der Waals surface area contributed by atoms with E-state index in [1.165, 1.54) is 32.1 Å². The minimum absolute atomic E-state index is 0. The van der Waals surface area contributed by atoms with Gasteiger partial charge in [-0.3, -0.25) is 0 Å². The molecule has 1 rings (SSSR count). The Morgan fingerprint density at radius 2 is 1.41 bits per heavy atom. The molecule has 0 aliphatic carbocycles. The van der Waals surface area contributed by atoms with Gasteiger partial charge in [0.15, 0.2) is 0 Å². The Balaban J connectivity index is 0.00000441. The van der Waals surface area contributed by atoms with Crippen molar-refractivity contribution in [1.82, 2.24) is 0 Å². The van der Waals surface area contributed by atoms with Gasteiger partial charge in [-0.25, -0.2) is 4.18 Å². The third-order valence-corrected chi connectivity index (χ3v) is 4.02. The third-order valence-electron chi connectivity index (χ3n) is 3.17. The van der Waals surface area contributed by atoms with Crippen LogP contribution in [0.2, 0.25) is 0 Å². The molecule has 1 radical (unpaired) electrons. The molecule has 0 aliphatic rings. The van der Waals surface area contributed by atoms with Crippen molar-refractivity contribution >= 4 is 40.0 Å². The second-order valence-electron chi connectivity index (χ2n) is 5.10. The van der Waals surface area contributed by atoms with Crippen molar-refractivity contribution in [3.63, 3.8) is 0 Å². The normalized spacial score (nSPS) is 11.0. The van der Waals surface area contributed by atoms with Gasteiger partial charge in [-0.1, -0.05) is 70.1 Å². The average Bonchev–Trinajstić information content (AvgIpc) is 2.46. The minimum Gasteiger partial charge on any atom is -0.362 e. The molecule has 0 saturated carbocycles. The zero-order valence-electron chi connectivity index (χ0n) is 13.8. The fourth-order valence-electron chi connectivity index (χ4n) is 2.01. The molecule has 0 spiro atoms. The summed E-state index contributed by atoms with van der Waals surface area (Å²) in [5.41, 5.74) is 0. The van der Waals surface area contributed by atoms with Crippen molar-refractivity contribution in [2.75, 3.05) is 6.61 Å². The van der Waals surface area contributed by atoms with Gasteiger partial charge in [-0.2, -0.15) is 8.42 Å². The van der Waals surface area contributed by atoms with E-state index < -0.39 is 10.4 Å². The van der Waals surface area contributed by atoms with E-state index in [2.05, 4.69) is 6.92 Å². The molecule has 6 heteroatoms. The van der Waals surface area contributed by atoms with Gasteiger partial charge >= 0.3 is 10.4 Å². The second kappa shape index (κ2) is 13.4. The first-order valence-electron chi connectivity index (χ1n) is 7.78. The quantitative estimate of drug-likeness (QED) is 0.426. The summed E-state index contributed by atoms with van der Waals surface area (Å²) in [6, 6.07) is 8.38. The Morgan fingerprint density at radius 1 is 0.864 bits per heavy atom. The number of para-hydroxylation sites is 1. The predicted octanol–water partition coefficient (Wildman–Crippen LogP) is 4.09. The van der Waals surface area contributed by atoms with Gasteiger partial charge in [0, 0.05) is 29.6 Å². The summed E-state index contributed by atoms with van der Waals surface area (Å²) in [6.45, 7) is 2.39. The Kier molecular flexibility index (Phi) is 13.3. The molecular weight excluding hydrogens is 311 g/mol. The Labute approximate surface area is 157 Å². The topological polar surface area (TPSA) is 52.6 Å². The maximum Gasteiger partial charge on any atom is 0.449 e. The van der Waals surface area contributed by atoms with Crippen LogP contribution in [0.1, 0.15) is 58.3 Å². The fraction of sp³-hybridized carbons (Fsp3) is 0.625. The summed E-state index contributed by atoms with van der Waals surface area (Å²) in [7, 11) is -3.94. The van der Waals surface area contributed by atoms with E-state index in [9.17, 15) is 8.42 Å². The molecule has 0 unspecified atom stereocenters. The molecule has 22 heavy (non-hydrogen) atoms. The zero-order chi connectivity index (χ0) is 15.4. The van der Waals surface area contributed by atoms with E-state index in [0.29, 0.717) is 0 Å². The molecular formula is C16H26NaO4S. The van der Waals surface area contributed by atoms with Gasteiger partial charge in [-0.15, -0.1) is 0 Å². The summed E-state index contributed by atoms with van der Waals surface area (Å²) in [5, 5.41) is 0. The summed E-state index contributed by atoms with van der Waals surface area (Å²) in [5.74, 6) is 0.272. The van der Waals surface area contributed by atoms with Crippen molar-refractivity contribution < 1.29 is 16.8 Å². The van der Waals surface area contributed by atoms with E-state index >= 15 is 0 Å². The van der Waals surface area contributed by atoms with Crippen molar-refractivity contribution in [2.45, 2.75) is 58.3 Å². The molecule has 0 atom stereocenters. The van der Waals surface area contributed by atoms with Gasteiger partial charge in [-0.05, 0) is 18.6 Å². The molecule has 0 aliphatic heterocycles. The SMILES string of the molecule is CCCCCCCCCCOS(=O)(=O)Oc1ccccc1.[Na]. The van der Waals surface area contributed by atoms with E-state index in [0.717, 1.165) is 19.3 Å². The Hall–Kier alpha value is -0.0700. The van der Waals surface area contributed by atoms with Gasteiger partial charge in [0.05, 0.1) is 6.61 Å². The molecule has 0 aromatic heterocycles. The largest absolute Gasteiger partial charge is 0.449 e. The van der Waals surface area contributed by atoms with Crippen LogP contribution in [0.5, 0.6) is 5.75 Å². The van der Waals surface area contributed by atoms with Gasteiger partial charge in [0.2, 0.25) is 0 Å². The summed E-state index contributed by atoms with van der Waals surface area (Å²) >= 11 is 0. The van der Waals surface area contributed by atoms with Crippen LogP contribution in [0.3, 0.4) is 0 Å². The van der Waals surface area contributed by atoms with Crippen LogP contribution in [0.25, 0.3) is 0 Å². The van der Waals surface area contributed by atoms with Crippen LogP contribution in [0, 0.1) is 0 Å². The minimum atomic E-state index is -3.94. The second-order valence-corrected chi connectivity index (χ2v) is 6.32. The van der Waals surface area contributed by atoms with Gasteiger partial charge < -0.3 is 4.18 Å². The van der Waals surface area contributed by atoms with Crippen LogP contribution in [0.4, 0.5) is 0 Å². The van der Waals surface area contributed by atoms with Crippen molar-refractivity contribution in [2.24, 2.45) is 0 Å². The van der Waals surface area contributed by atoms with Crippen molar-refractivity contribution in [3.05, 3.63) is 30.3 Å². The van der Waals surface area contributed by atoms with E-state index in [4.69, 9.17) is 8.37 Å². The monoisotopic (exact) mass is 337 g/mol. The molecule has 121 valence electrons. The third kappa shape index (κ3) is 11.5. The number of rotatable bonds is 12. The molecule has 0 amide bonds. The zero-order valence-corrected chi connectivity index (χ0v) is 16.6. The first-order valence-corrected chi connectivity index (χ1v) is 9.11. The van der Waals surface area contributed by atoms with Crippen LogP contribution in [-0.2, 0) is 14.6 Å². The van der Waals surface area contributed by atoms with Crippen LogP contribution in [0.15, 0.2) is 30.3 Å². The molecule has 1 aromatic carbocycles. The Morgan fingerprint density at radius 3 is 2.00 bits per heavy atom. The molecule has 0 heterocycles. The van der Waals surface area contributed by atoms with Crippen LogP contribution < -0.4 is 4.18 Å². The fourth-order valence-corrected chi connectivity index (χ4v) is 2.73. The van der Waals surface area contributed by atoms with Crippen molar-refractivity contribution in [1.29, 1.82) is 0 Å². The maximum absolute atomic E-state index is 11.6. The van der Waals surface area contributed by atoms with Crippen LogP contribution in [-0.4, -0.2) is 44.6 Å². The number of unbranched alkanes of at least 4 members (excludes halogenated alkanes) is 7. The first-order chi connectivity index (χ1) is 10.1. The molecule has 1 aromatic rings. The average molecular weight is 337 g/mol. The van der Waals surface area contributed by atoms with E-state index in [1.807, 2.05) is 0 Å². The van der Waals surface area contributed by atoms with Crippen LogP contribution >= 0.6 is 0 Å². The predicted molar refractivity (Wildman–Crippen MR) is 90.3 cm³/mol. The number of hydrogen-bond acceptors (Lipinski definition) is 4. The number of benzene rings is 1. The molecule has 0 bridgehead atoms. The maximum atomic E-state index is 11.6. The molecule has 0 fully saturated rings. The smallest absolute Gasteiger partial charge is 0.362 e. The number of hydrogen-bond donors (Lipinski definition) is 0. The van der Waals surface area contributed by atoms with Gasteiger partial charge in [0.1, 0.15) is 5.75 Å². The molecule has 0 N–H and O–H groups in total. The van der Waals surface area contributed by atoms with Gasteiger partial charge in [0.25, 0.3) is 0 Å².